The molecule has 0 aliphatic heterocycles. The number of carbonyl (C=O) groups excluding carboxylic acids is 1. The van der Waals surface area contributed by atoms with Crippen LogP contribution in [0.25, 0.3) is 5.69 Å². The van der Waals surface area contributed by atoms with Crippen LogP contribution in [0.4, 0.5) is 5.69 Å². The van der Waals surface area contributed by atoms with Crippen molar-refractivity contribution >= 4 is 46.4 Å². The first-order chi connectivity index (χ1) is 14.9. The topological polar surface area (TPSA) is 56.0 Å². The van der Waals surface area contributed by atoms with Crippen LogP contribution < -0.4 is 10.9 Å². The highest BCUT2D eigenvalue weighted by molar-refractivity contribution is 6.31. The van der Waals surface area contributed by atoms with Gasteiger partial charge in [-0.05, 0) is 66.2 Å². The summed E-state index contributed by atoms with van der Waals surface area (Å²) >= 11 is 17.9. The molecule has 4 rings (SSSR count). The molecular formula is C23H16Cl3N3O2. The Balaban J connectivity index is 1.74. The number of amides is 1. The molecule has 156 valence electrons. The number of halogens is 3. The Labute approximate surface area is 193 Å². The number of anilines is 1. The van der Waals surface area contributed by atoms with Crippen LogP contribution in [0, 0.1) is 0 Å². The molecule has 1 N–H and O–H groups in total. The smallest absolute Gasteiger partial charge is 0.284 e. The zero-order valence-electron chi connectivity index (χ0n) is 16.1. The standard InChI is InChI=1S/C23H16Cl3N3O2/c24-16-3-1-15(2-4-16)13-28-14-21(22(30)27-19-9-5-17(25)6-10-19)23(31)29(28)20-11-7-18(26)8-12-20/h1-12,14H,13H2,(H,27,30). The normalized spacial score (nSPS) is 10.8. The van der Waals surface area contributed by atoms with Crippen LogP contribution in [-0.2, 0) is 6.54 Å². The highest BCUT2D eigenvalue weighted by Gasteiger charge is 2.19. The summed E-state index contributed by atoms with van der Waals surface area (Å²) in [5.74, 6) is -0.509. The summed E-state index contributed by atoms with van der Waals surface area (Å²) in [6, 6.07) is 20.8. The second-order valence-electron chi connectivity index (χ2n) is 6.82. The van der Waals surface area contributed by atoms with Gasteiger partial charge in [0, 0.05) is 27.0 Å². The quantitative estimate of drug-likeness (QED) is 0.393. The Bertz CT molecular complexity index is 1280. The van der Waals surface area contributed by atoms with Crippen LogP contribution in [0.1, 0.15) is 15.9 Å². The number of hydrogen-bond donors (Lipinski definition) is 1. The van der Waals surface area contributed by atoms with Crippen molar-refractivity contribution in [1.29, 1.82) is 0 Å². The van der Waals surface area contributed by atoms with E-state index in [0.29, 0.717) is 33.0 Å². The van der Waals surface area contributed by atoms with Gasteiger partial charge in [-0.15, -0.1) is 0 Å². The maximum atomic E-state index is 13.2. The minimum Gasteiger partial charge on any atom is -0.322 e. The van der Waals surface area contributed by atoms with E-state index in [0.717, 1.165) is 5.56 Å². The predicted molar refractivity (Wildman–Crippen MR) is 125 cm³/mol. The molecule has 8 heteroatoms. The monoisotopic (exact) mass is 471 g/mol. The Morgan fingerprint density at radius 2 is 1.29 bits per heavy atom. The molecule has 31 heavy (non-hydrogen) atoms. The number of rotatable bonds is 5. The molecule has 0 unspecified atom stereocenters. The molecule has 0 saturated carbocycles. The number of aromatic nitrogens is 2. The van der Waals surface area contributed by atoms with Crippen molar-refractivity contribution in [2.75, 3.05) is 5.32 Å². The summed E-state index contributed by atoms with van der Waals surface area (Å²) < 4.78 is 3.13. The molecular weight excluding hydrogens is 457 g/mol. The van der Waals surface area contributed by atoms with Gasteiger partial charge < -0.3 is 5.32 Å². The van der Waals surface area contributed by atoms with E-state index in [1.54, 1.807) is 65.3 Å². The van der Waals surface area contributed by atoms with E-state index in [1.807, 2.05) is 12.1 Å². The lowest BCUT2D eigenvalue weighted by Gasteiger charge is -2.12. The first-order valence-corrected chi connectivity index (χ1v) is 10.4. The van der Waals surface area contributed by atoms with Gasteiger partial charge in [-0.3, -0.25) is 14.3 Å². The minimum atomic E-state index is -0.509. The first kappa shape index (κ1) is 21.2. The molecule has 0 bridgehead atoms. The zero-order valence-corrected chi connectivity index (χ0v) is 18.3. The van der Waals surface area contributed by atoms with Gasteiger partial charge in [-0.1, -0.05) is 46.9 Å². The van der Waals surface area contributed by atoms with Crippen molar-refractivity contribution in [2.45, 2.75) is 6.54 Å². The second kappa shape index (κ2) is 9.02. The van der Waals surface area contributed by atoms with Gasteiger partial charge in [-0.25, -0.2) is 4.68 Å². The Hall–Kier alpha value is -2.99. The predicted octanol–water partition coefficient (Wildman–Crippen LogP) is 5.90. The van der Waals surface area contributed by atoms with Crippen molar-refractivity contribution in [3.8, 4) is 5.69 Å². The molecule has 0 radical (unpaired) electrons. The third-order valence-corrected chi connectivity index (χ3v) is 5.39. The fourth-order valence-corrected chi connectivity index (χ4v) is 3.50. The maximum Gasteiger partial charge on any atom is 0.284 e. The van der Waals surface area contributed by atoms with E-state index >= 15 is 0 Å². The molecule has 1 aromatic heterocycles. The summed E-state index contributed by atoms with van der Waals surface area (Å²) in [6.45, 7) is 0.364. The summed E-state index contributed by atoms with van der Waals surface area (Å²) in [4.78, 5) is 26.1. The zero-order chi connectivity index (χ0) is 22.0. The van der Waals surface area contributed by atoms with Crippen LogP contribution in [0.5, 0.6) is 0 Å². The van der Waals surface area contributed by atoms with Crippen LogP contribution in [0.2, 0.25) is 15.1 Å². The highest BCUT2D eigenvalue weighted by Crippen LogP contribution is 2.17. The van der Waals surface area contributed by atoms with Crippen LogP contribution in [0.3, 0.4) is 0 Å². The number of nitrogens with zero attached hydrogens (tertiary/aromatic N) is 2. The van der Waals surface area contributed by atoms with Crippen LogP contribution in [0.15, 0.2) is 83.8 Å². The summed E-state index contributed by atoms with van der Waals surface area (Å²) in [6.07, 6.45) is 1.54. The molecule has 0 aliphatic rings. The molecule has 1 heterocycles. The first-order valence-electron chi connectivity index (χ1n) is 9.30. The highest BCUT2D eigenvalue weighted by atomic mass is 35.5. The molecule has 5 nitrogen and oxygen atoms in total. The fourth-order valence-electron chi connectivity index (χ4n) is 3.12. The number of carbonyl (C=O) groups is 1. The molecule has 0 fully saturated rings. The van der Waals surface area contributed by atoms with Gasteiger partial charge in [-0.2, -0.15) is 0 Å². The fraction of sp³-hybridized carbons (Fsp3) is 0.0435. The third-order valence-electron chi connectivity index (χ3n) is 4.63. The number of hydrogen-bond acceptors (Lipinski definition) is 2. The second-order valence-corrected chi connectivity index (χ2v) is 8.13. The summed E-state index contributed by atoms with van der Waals surface area (Å²) in [7, 11) is 0. The van der Waals surface area contributed by atoms with E-state index in [9.17, 15) is 9.59 Å². The summed E-state index contributed by atoms with van der Waals surface area (Å²) in [5.41, 5.74) is 1.62. The number of benzene rings is 3. The van der Waals surface area contributed by atoms with Gasteiger partial charge in [0.2, 0.25) is 0 Å². The van der Waals surface area contributed by atoms with Crippen molar-refractivity contribution in [3.05, 3.63) is 116 Å². The molecule has 1 amide bonds. The average Bonchev–Trinajstić information content (AvgIpc) is 3.08. The SMILES string of the molecule is O=C(Nc1ccc(Cl)cc1)c1cn(Cc2ccc(Cl)cc2)n(-c2ccc(Cl)cc2)c1=O. The van der Waals surface area contributed by atoms with Crippen molar-refractivity contribution in [2.24, 2.45) is 0 Å². The average molecular weight is 473 g/mol. The molecule has 0 aliphatic carbocycles. The van der Waals surface area contributed by atoms with E-state index in [2.05, 4.69) is 5.32 Å². The van der Waals surface area contributed by atoms with Crippen LogP contribution in [-0.4, -0.2) is 15.3 Å². The molecule has 4 aromatic rings. The Kier molecular flexibility index (Phi) is 6.18. The molecule has 3 aromatic carbocycles. The summed E-state index contributed by atoms with van der Waals surface area (Å²) in [5, 5.41) is 4.46. The maximum absolute atomic E-state index is 13.2. The van der Waals surface area contributed by atoms with Gasteiger partial charge in [0.15, 0.2) is 0 Å². The third kappa shape index (κ3) is 4.85. The van der Waals surface area contributed by atoms with Crippen molar-refractivity contribution < 1.29 is 4.79 Å². The minimum absolute atomic E-state index is 0.0128. The van der Waals surface area contributed by atoms with Crippen molar-refractivity contribution in [1.82, 2.24) is 9.36 Å². The van der Waals surface area contributed by atoms with E-state index in [-0.39, 0.29) is 5.56 Å². The van der Waals surface area contributed by atoms with Gasteiger partial charge >= 0.3 is 0 Å². The van der Waals surface area contributed by atoms with E-state index in [4.69, 9.17) is 34.8 Å². The lowest BCUT2D eigenvalue weighted by molar-refractivity contribution is 0.102. The lowest BCUT2D eigenvalue weighted by atomic mass is 10.2. The van der Waals surface area contributed by atoms with Gasteiger partial charge in [0.05, 0.1) is 12.2 Å². The number of nitrogens with one attached hydrogen (secondary N) is 1. The largest absolute Gasteiger partial charge is 0.322 e. The Morgan fingerprint density at radius 1 is 0.774 bits per heavy atom. The van der Waals surface area contributed by atoms with Crippen molar-refractivity contribution in [3.63, 3.8) is 0 Å². The molecule has 0 spiro atoms. The molecule has 0 atom stereocenters. The van der Waals surface area contributed by atoms with Gasteiger partial charge in [0.25, 0.3) is 11.5 Å². The lowest BCUT2D eigenvalue weighted by Crippen LogP contribution is -2.26. The van der Waals surface area contributed by atoms with E-state index in [1.165, 1.54) is 10.9 Å². The van der Waals surface area contributed by atoms with Crippen LogP contribution >= 0.6 is 34.8 Å². The van der Waals surface area contributed by atoms with Gasteiger partial charge in [0.1, 0.15) is 5.56 Å². The Morgan fingerprint density at radius 3 is 1.87 bits per heavy atom. The van der Waals surface area contributed by atoms with E-state index < -0.39 is 11.5 Å². The molecule has 0 saturated heterocycles.